The summed E-state index contributed by atoms with van der Waals surface area (Å²) in [6, 6.07) is 0.997. The minimum Gasteiger partial charge on any atom is -0.790 e. The van der Waals surface area contributed by atoms with Crippen molar-refractivity contribution in [1.82, 2.24) is 9.55 Å². The zero-order chi connectivity index (χ0) is 21.3. The molecule has 0 amide bonds. The summed E-state index contributed by atoms with van der Waals surface area (Å²) in [5.41, 5.74) is -1.55. The van der Waals surface area contributed by atoms with Crippen molar-refractivity contribution in [1.29, 1.82) is 0 Å². The number of phosphoric ester groups is 1. The molecule has 1 aromatic rings. The van der Waals surface area contributed by atoms with Gasteiger partial charge in [0.1, 0.15) is 12.3 Å². The average molecular weight is 464 g/mol. The highest BCUT2D eigenvalue weighted by Crippen LogP contribution is 2.60. The SMILES string of the molecule is O=c1ccn([C@H]2C[C@H](O)[C@@H](COP(=O)([O-])OP(=O)([O-])OP(=O)([O-])[O-])O2)c(=O)[nH]1. The molecule has 19 heteroatoms. The lowest BCUT2D eigenvalue weighted by atomic mass is 10.2. The van der Waals surface area contributed by atoms with E-state index in [0.29, 0.717) is 0 Å². The number of hydrogen-bond donors (Lipinski definition) is 2. The number of H-pyrrole nitrogens is 1. The van der Waals surface area contributed by atoms with Crippen LogP contribution in [0.25, 0.3) is 0 Å². The van der Waals surface area contributed by atoms with Gasteiger partial charge in [0.25, 0.3) is 21.2 Å². The van der Waals surface area contributed by atoms with E-state index in [1.54, 1.807) is 0 Å². The molecule has 0 aliphatic carbocycles. The fourth-order valence-corrected chi connectivity index (χ4v) is 5.00. The predicted molar refractivity (Wildman–Crippen MR) is 76.8 cm³/mol. The molecule has 0 radical (unpaired) electrons. The summed E-state index contributed by atoms with van der Waals surface area (Å²) >= 11 is 0. The topological polar surface area (TPSA) is 255 Å². The predicted octanol–water partition coefficient (Wildman–Crippen LogP) is -4.00. The second-order valence-corrected chi connectivity index (χ2v) is 9.50. The van der Waals surface area contributed by atoms with Gasteiger partial charge < -0.3 is 38.5 Å². The van der Waals surface area contributed by atoms with Crippen molar-refractivity contribution in [3.8, 4) is 0 Å². The number of rotatable bonds is 8. The number of nitrogens with zero attached hydrogens (tertiary/aromatic N) is 1. The van der Waals surface area contributed by atoms with Gasteiger partial charge >= 0.3 is 5.69 Å². The van der Waals surface area contributed by atoms with Crippen LogP contribution in [0.4, 0.5) is 0 Å². The first-order chi connectivity index (χ1) is 12.7. The number of nitrogens with one attached hydrogen (secondary N) is 1. The van der Waals surface area contributed by atoms with Crippen molar-refractivity contribution >= 4 is 23.5 Å². The zero-order valence-electron chi connectivity index (χ0n) is 13.3. The second-order valence-electron chi connectivity index (χ2n) is 5.25. The van der Waals surface area contributed by atoms with Crippen LogP contribution in [0.15, 0.2) is 21.9 Å². The van der Waals surface area contributed by atoms with Crippen LogP contribution in [0, 0.1) is 0 Å². The van der Waals surface area contributed by atoms with Gasteiger partial charge in [-0.1, -0.05) is 0 Å². The van der Waals surface area contributed by atoms with Gasteiger partial charge in [-0.2, -0.15) is 0 Å². The number of phosphoric acid groups is 3. The summed E-state index contributed by atoms with van der Waals surface area (Å²) < 4.78 is 49.4. The van der Waals surface area contributed by atoms with Crippen LogP contribution in [-0.2, 0) is 31.6 Å². The molecule has 1 saturated heterocycles. The lowest BCUT2D eigenvalue weighted by Crippen LogP contribution is -2.32. The summed E-state index contributed by atoms with van der Waals surface area (Å²) in [5.74, 6) is 0. The number of aromatic amines is 1. The zero-order valence-corrected chi connectivity index (χ0v) is 16.0. The third kappa shape index (κ3) is 6.81. The van der Waals surface area contributed by atoms with Crippen LogP contribution in [0.2, 0.25) is 0 Å². The molecule has 2 N–H and O–H groups in total. The molecular weight excluding hydrogens is 453 g/mol. The first-order valence-corrected chi connectivity index (χ1v) is 11.4. The molecule has 1 aliphatic rings. The van der Waals surface area contributed by atoms with Gasteiger partial charge in [0.05, 0.1) is 20.5 Å². The normalized spacial score (nSPS) is 27.2. The van der Waals surface area contributed by atoms with Crippen LogP contribution in [-0.4, -0.2) is 33.5 Å². The number of aliphatic hydroxyl groups excluding tert-OH is 1. The first-order valence-electron chi connectivity index (χ1n) is 7.04. The number of aliphatic hydroxyl groups is 1. The summed E-state index contributed by atoms with van der Waals surface area (Å²) in [5, 5.41) is 9.86. The molecule has 0 saturated carbocycles. The molecule has 5 atom stereocenters. The van der Waals surface area contributed by atoms with Crippen molar-refractivity contribution < 1.29 is 56.3 Å². The monoisotopic (exact) mass is 464 g/mol. The maximum absolute atomic E-state index is 11.7. The Labute approximate surface area is 154 Å². The van der Waals surface area contributed by atoms with Gasteiger partial charge in [0, 0.05) is 18.7 Å². The summed E-state index contributed by atoms with van der Waals surface area (Å²) in [6.07, 6.45) is -3.02. The van der Waals surface area contributed by atoms with E-state index in [1.807, 2.05) is 4.98 Å². The fourth-order valence-electron chi connectivity index (χ4n) is 2.14. The Bertz CT molecular complexity index is 965. The molecule has 28 heavy (non-hydrogen) atoms. The molecule has 0 aromatic carbocycles. The van der Waals surface area contributed by atoms with Crippen LogP contribution in [0.3, 0.4) is 0 Å². The maximum Gasteiger partial charge on any atom is 0.330 e. The smallest absolute Gasteiger partial charge is 0.330 e. The summed E-state index contributed by atoms with van der Waals surface area (Å²) in [4.78, 5) is 67.6. The lowest BCUT2D eigenvalue weighted by Gasteiger charge is -2.37. The van der Waals surface area contributed by atoms with Crippen molar-refractivity contribution in [2.75, 3.05) is 6.61 Å². The minimum absolute atomic E-state index is 0.220. The van der Waals surface area contributed by atoms with Crippen LogP contribution >= 0.6 is 23.5 Å². The Kier molecular flexibility index (Phi) is 6.99. The van der Waals surface area contributed by atoms with Crippen molar-refractivity contribution in [2.45, 2.75) is 24.9 Å². The standard InChI is InChI=1S/C9H15N2O14P3/c12-5-3-8(11-2-1-7(13)10-9(11)14)23-6(5)4-22-27(18,19)25-28(20,21)24-26(15,16)17/h1-2,5-6,8,12H,3-4H2,(H,18,19)(H,20,21)(H,10,13,14)(H2,15,16,17)/p-4/t5-,6+,8+/m0/s1. The molecule has 0 bridgehead atoms. The van der Waals surface area contributed by atoms with Crippen molar-refractivity contribution in [3.63, 3.8) is 0 Å². The van der Waals surface area contributed by atoms with Gasteiger partial charge in [-0.05, 0) is 0 Å². The Morgan fingerprint density at radius 2 is 1.82 bits per heavy atom. The lowest BCUT2D eigenvalue weighted by molar-refractivity contribution is -0.339. The van der Waals surface area contributed by atoms with Gasteiger partial charge in [-0.15, -0.1) is 0 Å². The highest BCUT2D eigenvalue weighted by molar-refractivity contribution is 7.64. The average Bonchev–Trinajstić information content (AvgIpc) is 2.82. The number of aromatic nitrogens is 2. The van der Waals surface area contributed by atoms with E-state index in [0.717, 1.165) is 16.8 Å². The van der Waals surface area contributed by atoms with Gasteiger partial charge in [-0.3, -0.25) is 27.8 Å². The highest BCUT2D eigenvalue weighted by Gasteiger charge is 2.36. The summed E-state index contributed by atoms with van der Waals surface area (Å²) in [6.45, 7) is -0.997. The molecule has 2 rings (SSSR count). The molecule has 2 heterocycles. The minimum atomic E-state index is -6.11. The van der Waals surface area contributed by atoms with E-state index in [4.69, 9.17) is 4.74 Å². The van der Waals surface area contributed by atoms with E-state index < -0.39 is 59.8 Å². The Balaban J connectivity index is 1.99. The van der Waals surface area contributed by atoms with Gasteiger partial charge in [0.2, 0.25) is 0 Å². The second kappa shape index (κ2) is 8.40. The van der Waals surface area contributed by atoms with Crippen molar-refractivity contribution in [3.05, 3.63) is 33.1 Å². The maximum atomic E-state index is 11.7. The van der Waals surface area contributed by atoms with E-state index in [1.165, 1.54) is 0 Å². The van der Waals surface area contributed by atoms with Crippen LogP contribution in [0.1, 0.15) is 12.6 Å². The molecule has 16 nitrogen and oxygen atoms in total. The van der Waals surface area contributed by atoms with E-state index in [2.05, 4.69) is 13.1 Å². The third-order valence-electron chi connectivity index (χ3n) is 3.16. The number of ether oxygens (including phenoxy) is 1. The van der Waals surface area contributed by atoms with Gasteiger partial charge in [0.15, 0.2) is 0 Å². The fraction of sp³-hybridized carbons (Fsp3) is 0.556. The van der Waals surface area contributed by atoms with Gasteiger partial charge in [-0.25, -0.2) is 9.11 Å². The first kappa shape index (κ1) is 23.3. The number of hydrogen-bond acceptors (Lipinski definition) is 14. The largest absolute Gasteiger partial charge is 0.790 e. The summed E-state index contributed by atoms with van der Waals surface area (Å²) in [7, 11) is -18.0. The van der Waals surface area contributed by atoms with Crippen LogP contribution in [0.5, 0.6) is 0 Å². The van der Waals surface area contributed by atoms with Crippen molar-refractivity contribution in [2.24, 2.45) is 0 Å². The van der Waals surface area contributed by atoms with E-state index in [-0.39, 0.29) is 6.42 Å². The molecule has 0 spiro atoms. The molecule has 1 fully saturated rings. The van der Waals surface area contributed by atoms with Crippen LogP contribution < -0.4 is 30.8 Å². The van der Waals surface area contributed by atoms with E-state index in [9.17, 15) is 48.0 Å². The Hall–Kier alpha value is -0.990. The van der Waals surface area contributed by atoms with E-state index >= 15 is 0 Å². The molecule has 1 aliphatic heterocycles. The Morgan fingerprint density at radius 3 is 2.39 bits per heavy atom. The quantitative estimate of drug-likeness (QED) is 0.348. The Morgan fingerprint density at radius 1 is 1.18 bits per heavy atom. The third-order valence-corrected chi connectivity index (χ3v) is 6.83. The molecule has 160 valence electrons. The highest BCUT2D eigenvalue weighted by atomic mass is 31.3. The molecule has 1 aromatic heterocycles. The molecular formula is C9H11N2O14P3-4. The molecule has 2 unspecified atom stereocenters.